The van der Waals surface area contributed by atoms with Crippen molar-refractivity contribution in [2.75, 3.05) is 0 Å². The molecule has 118 heavy (non-hydrogen) atoms. The second-order valence-corrected chi connectivity index (χ2v) is 33.1. The van der Waals surface area contributed by atoms with Crippen LogP contribution in [0.25, 0.3) is 211 Å². The Labute approximate surface area is 682 Å². The van der Waals surface area contributed by atoms with Crippen LogP contribution in [0.1, 0.15) is 49.9 Å². The summed E-state index contributed by atoms with van der Waals surface area (Å²) in [5.74, 6) is 1.77. The molecule has 22 aromatic rings. The molecule has 0 amide bonds. The van der Waals surface area contributed by atoms with Crippen molar-refractivity contribution in [2.45, 2.75) is 38.5 Å². The van der Waals surface area contributed by atoms with Crippen molar-refractivity contribution in [3.05, 3.63) is 404 Å². The average molecular weight is 1510 g/mol. The zero-order valence-electron chi connectivity index (χ0n) is 65.5. The summed E-state index contributed by atoms with van der Waals surface area (Å²) in [5.41, 5.74) is 36.2. The van der Waals surface area contributed by atoms with Crippen LogP contribution in [-0.2, 0) is 10.8 Å². The number of nitrogens with zero attached hydrogens (tertiary/aromatic N) is 7. The van der Waals surface area contributed by atoms with E-state index in [4.69, 9.17) is 15.0 Å². The molecule has 0 saturated carbocycles. The number of fused-ring (bicyclic) bond motifs is 18. The fourth-order valence-corrected chi connectivity index (χ4v) is 20.0. The first kappa shape index (κ1) is 67.5. The van der Waals surface area contributed by atoms with E-state index in [0.29, 0.717) is 17.5 Å². The first-order chi connectivity index (χ1) is 58.0. The van der Waals surface area contributed by atoms with Gasteiger partial charge >= 0.3 is 0 Å². The molecule has 7 nitrogen and oxygen atoms in total. The summed E-state index contributed by atoms with van der Waals surface area (Å²) in [6.45, 7) is 9.44. The largest absolute Gasteiger partial charge is 0.309 e. The molecule has 5 heterocycles. The highest BCUT2D eigenvalue weighted by Crippen LogP contribution is 2.52. The molecule has 2 aliphatic rings. The van der Waals surface area contributed by atoms with Crippen LogP contribution in [0.4, 0.5) is 0 Å². The molecule has 0 spiro atoms. The van der Waals surface area contributed by atoms with Crippen LogP contribution in [0, 0.1) is 0 Å². The molecule has 2 aliphatic carbocycles. The van der Waals surface area contributed by atoms with Gasteiger partial charge in [0.25, 0.3) is 0 Å². The fourth-order valence-electron chi connectivity index (χ4n) is 20.0. The molecule has 0 saturated heterocycles. The van der Waals surface area contributed by atoms with Gasteiger partial charge in [0.15, 0.2) is 17.5 Å². The highest BCUT2D eigenvalue weighted by molar-refractivity contribution is 6.15. The third-order valence-electron chi connectivity index (χ3n) is 25.8. The molecule has 24 rings (SSSR count). The Bertz CT molecular complexity index is 7980. The number of para-hydroxylation sites is 4. The maximum Gasteiger partial charge on any atom is 0.164 e. The molecule has 0 bridgehead atoms. The molecule has 17 aromatic carbocycles. The van der Waals surface area contributed by atoms with Gasteiger partial charge < -0.3 is 18.3 Å². The first-order valence-electron chi connectivity index (χ1n) is 40.9. The number of rotatable bonds is 11. The molecule has 7 heteroatoms. The molecular weight excluding hydrogens is 1430 g/mol. The number of aromatic nitrogens is 7. The van der Waals surface area contributed by atoms with Crippen molar-refractivity contribution in [3.63, 3.8) is 0 Å². The Morgan fingerprint density at radius 2 is 0.432 bits per heavy atom. The molecule has 0 unspecified atom stereocenters. The molecule has 5 aromatic heterocycles. The Morgan fingerprint density at radius 3 is 0.831 bits per heavy atom. The smallest absolute Gasteiger partial charge is 0.164 e. The summed E-state index contributed by atoms with van der Waals surface area (Å²) >= 11 is 0. The average Bonchev–Trinajstić information content (AvgIpc) is 1.57. The van der Waals surface area contributed by atoms with Gasteiger partial charge in [-0.3, -0.25) is 0 Å². The lowest BCUT2D eigenvalue weighted by molar-refractivity contribution is 0.660. The normalized spacial score (nSPS) is 13.2. The van der Waals surface area contributed by atoms with Gasteiger partial charge in [-0.2, -0.15) is 0 Å². The van der Waals surface area contributed by atoms with Crippen LogP contribution in [0.3, 0.4) is 0 Å². The lowest BCUT2D eigenvalue weighted by Crippen LogP contribution is -2.15. The van der Waals surface area contributed by atoms with Crippen molar-refractivity contribution < 1.29 is 0 Å². The highest BCUT2D eigenvalue weighted by Gasteiger charge is 2.37. The molecule has 554 valence electrons. The van der Waals surface area contributed by atoms with E-state index in [0.717, 1.165) is 77.9 Å². The van der Waals surface area contributed by atoms with Crippen LogP contribution in [0.5, 0.6) is 0 Å². The van der Waals surface area contributed by atoms with E-state index >= 15 is 0 Å². The van der Waals surface area contributed by atoms with E-state index < -0.39 is 0 Å². The zero-order valence-corrected chi connectivity index (χ0v) is 65.5. The zero-order chi connectivity index (χ0) is 78.2. The van der Waals surface area contributed by atoms with Crippen LogP contribution >= 0.6 is 0 Å². The Hall–Kier alpha value is -15.1. The molecule has 0 fully saturated rings. The van der Waals surface area contributed by atoms with Crippen molar-refractivity contribution >= 4 is 87.2 Å². The molecule has 0 aliphatic heterocycles. The van der Waals surface area contributed by atoms with Crippen molar-refractivity contribution in [1.29, 1.82) is 0 Å². The maximum atomic E-state index is 5.40. The summed E-state index contributed by atoms with van der Waals surface area (Å²) in [7, 11) is 0. The van der Waals surface area contributed by atoms with Crippen molar-refractivity contribution in [1.82, 2.24) is 33.2 Å². The first-order valence-corrected chi connectivity index (χ1v) is 40.9. The van der Waals surface area contributed by atoms with E-state index in [2.05, 4.69) is 428 Å². The Morgan fingerprint density at radius 1 is 0.169 bits per heavy atom. The predicted molar refractivity (Wildman–Crippen MR) is 490 cm³/mol. The van der Waals surface area contributed by atoms with E-state index in [1.54, 1.807) is 0 Å². The lowest BCUT2D eigenvalue weighted by atomic mass is 9.82. The third kappa shape index (κ3) is 10.3. The van der Waals surface area contributed by atoms with Crippen molar-refractivity contribution in [3.8, 4) is 124 Å². The summed E-state index contributed by atoms with van der Waals surface area (Å²) in [4.78, 5) is 16.1. The second kappa shape index (κ2) is 25.7. The molecule has 0 N–H and O–H groups in total. The van der Waals surface area contributed by atoms with Gasteiger partial charge in [-0.15, -0.1) is 0 Å². The monoisotopic (exact) mass is 1510 g/mol. The van der Waals surface area contributed by atoms with Crippen LogP contribution < -0.4 is 0 Å². The van der Waals surface area contributed by atoms with Gasteiger partial charge in [0.1, 0.15) is 0 Å². The fraction of sp³-hybridized carbons (Fsp3) is 0.0541. The second-order valence-electron chi connectivity index (χ2n) is 33.1. The predicted octanol–water partition coefficient (Wildman–Crippen LogP) is 28.5. The highest BCUT2D eigenvalue weighted by atomic mass is 15.0. The standard InChI is InChI=1S/C111H75N7/c1-110(2)95-34-14-8-28-83(95)85-54-52-81(66-97(85)110)117-101-38-18-12-32-89(101)93-64-76(50-58-105(93)117)74-48-56-103-91(62-74)87-30-10-16-36-99(87)115(103)79-26-20-24-73(60-79)70-42-46-72(47-43-70)108-112-107(71-44-40-69(41-45-71)68-22-6-5-7-23-68)113-109(114-108)78-25-21-27-80(61-78)116-100-37-17-11-31-88(100)92-63-75(49-57-104(92)116)77-51-59-106-94(65-77)90-33-13-19-39-102(90)118(106)82-53-55-86-84-29-9-15-35-96(84)111(3,4)98(86)67-82/h5-67H,1-4H3. The summed E-state index contributed by atoms with van der Waals surface area (Å²) in [6.07, 6.45) is 0. The minimum atomic E-state index is -0.108. The van der Waals surface area contributed by atoms with Gasteiger partial charge in [-0.25, -0.2) is 15.0 Å². The molecule has 0 radical (unpaired) electrons. The van der Waals surface area contributed by atoms with Gasteiger partial charge in [-0.1, -0.05) is 289 Å². The Kier molecular flexibility index (Phi) is 14.7. The quantitative estimate of drug-likeness (QED) is 0.130. The van der Waals surface area contributed by atoms with Gasteiger partial charge in [-0.05, 0) is 210 Å². The molecule has 0 atom stereocenters. The van der Waals surface area contributed by atoms with Gasteiger partial charge in [0.2, 0.25) is 0 Å². The Balaban J connectivity index is 0.558. The summed E-state index contributed by atoms with van der Waals surface area (Å²) in [5, 5.41) is 9.70. The van der Waals surface area contributed by atoms with E-state index in [9.17, 15) is 0 Å². The van der Waals surface area contributed by atoms with Gasteiger partial charge in [0, 0.05) is 93.4 Å². The van der Waals surface area contributed by atoms with Crippen LogP contribution in [0.15, 0.2) is 382 Å². The summed E-state index contributed by atoms with van der Waals surface area (Å²) in [6, 6.07) is 141. The molecular formula is C111H75N7. The maximum absolute atomic E-state index is 5.40. The van der Waals surface area contributed by atoms with E-state index in [-0.39, 0.29) is 10.8 Å². The van der Waals surface area contributed by atoms with E-state index in [1.165, 1.54) is 138 Å². The lowest BCUT2D eigenvalue weighted by Gasteiger charge is -2.22. The number of benzene rings is 17. The van der Waals surface area contributed by atoms with Crippen molar-refractivity contribution in [2.24, 2.45) is 0 Å². The minimum Gasteiger partial charge on any atom is -0.309 e. The third-order valence-corrected chi connectivity index (χ3v) is 25.8. The summed E-state index contributed by atoms with van der Waals surface area (Å²) < 4.78 is 9.72. The van der Waals surface area contributed by atoms with Crippen LogP contribution in [-0.4, -0.2) is 33.2 Å². The van der Waals surface area contributed by atoms with Crippen LogP contribution in [0.2, 0.25) is 0 Å². The minimum absolute atomic E-state index is 0.102. The topological polar surface area (TPSA) is 58.4 Å². The van der Waals surface area contributed by atoms with Gasteiger partial charge in [0.05, 0.1) is 44.1 Å². The number of hydrogen-bond donors (Lipinski definition) is 0. The van der Waals surface area contributed by atoms with E-state index in [1.807, 2.05) is 0 Å². The number of hydrogen-bond acceptors (Lipinski definition) is 3. The SMILES string of the molecule is CC1(C)c2ccccc2-c2ccc(-n3c4ccccc4c4cc(-c5ccc6c(c5)c5ccccc5n6-c5cccc(-c6ccc(-c7nc(-c8ccc(-c9ccccc9)cc8)nc(-c8cccc(-n9c%10ccccc%10c%10cc(-c%11ccc%12c(c%11)c%11ccccc%11n%12-c%11ccc%12c(c%11)C(C)(C)c%11ccccc%11-%12)ccc%109)c8)n7)cc6)c5)ccc43)cc21.